The van der Waals surface area contributed by atoms with E-state index in [1.54, 1.807) is 0 Å². The Labute approximate surface area is 376 Å². The zero-order valence-corrected chi connectivity index (χ0v) is 42.1. The maximum absolute atomic E-state index is 12.2. The van der Waals surface area contributed by atoms with Crippen molar-refractivity contribution >= 4 is 139 Å². The van der Waals surface area contributed by atoms with E-state index in [0.29, 0.717) is 13.3 Å². The summed E-state index contributed by atoms with van der Waals surface area (Å²) in [4.78, 5) is 78.4. The van der Waals surface area contributed by atoms with Crippen LogP contribution >= 0.6 is 105 Å². The number of hydrogen-bond donors (Lipinski definition) is 0. The normalized spacial score (nSPS) is 10.4. The Hall–Kier alpha value is -1.18. The zero-order valence-electron chi connectivity index (χ0n) is 30.2. The third-order valence-electron chi connectivity index (χ3n) is 6.36. The molecule has 0 saturated carbocycles. The van der Waals surface area contributed by atoms with E-state index in [1.165, 1.54) is 73.1 Å². The summed E-state index contributed by atoms with van der Waals surface area (Å²) >= 11 is 12.2. The first-order valence-corrected chi connectivity index (χ1v) is 30.4. The molecule has 304 valence electrons. The fourth-order valence-electron chi connectivity index (χ4n) is 3.67. The van der Waals surface area contributed by atoms with Crippen molar-refractivity contribution in [1.82, 2.24) is 37.4 Å². The van der Waals surface area contributed by atoms with E-state index in [2.05, 4.69) is 120 Å². The van der Waals surface area contributed by atoms with Crippen LogP contribution in [0.15, 0.2) is 55.1 Å². The molecule has 4 rings (SSSR count). The summed E-state index contributed by atoms with van der Waals surface area (Å²) in [6, 6.07) is 0. The monoisotopic (exact) mass is 1450 g/mol. The minimum atomic E-state index is -1.91. The van der Waals surface area contributed by atoms with Gasteiger partial charge in [0.2, 0.25) is 0 Å². The summed E-state index contributed by atoms with van der Waals surface area (Å²) in [7, 11) is 6.89. The van der Waals surface area contributed by atoms with Crippen molar-refractivity contribution in [2.24, 2.45) is 28.2 Å². The number of nitrogens with zero attached hydrogens (tertiary/aromatic N) is 8. The van der Waals surface area contributed by atoms with Gasteiger partial charge in [-0.05, 0) is 26.3 Å². The fraction of sp³-hybridized carbons (Fsp3) is 0.429. The summed E-state index contributed by atoms with van der Waals surface area (Å²) in [6.45, 7) is 1.03. The van der Waals surface area contributed by atoms with Gasteiger partial charge in [-0.2, -0.15) is 17.6 Å². The number of aromatic nitrogens is 8. The molecule has 4 heterocycles. The third kappa shape index (κ3) is 16.4. The number of imidazole rings is 2. The van der Waals surface area contributed by atoms with Crippen LogP contribution in [0, 0.1) is 0 Å². The number of alkyl halides is 3. The molecule has 0 bridgehead atoms. The van der Waals surface area contributed by atoms with Gasteiger partial charge in [-0.3, -0.25) is 37.4 Å². The molecule has 0 amide bonds. The molecule has 0 aliphatic heterocycles. The number of hydrogen-bond acceptors (Lipinski definition) is 10. The Kier molecular flexibility index (Phi) is 24.4. The van der Waals surface area contributed by atoms with Crippen LogP contribution in [0.1, 0.15) is 22.1 Å². The van der Waals surface area contributed by atoms with Crippen LogP contribution in [0.3, 0.4) is 0 Å². The molecule has 0 aliphatic rings. The average Bonchev–Trinajstić information content (AvgIpc) is 3.74. The second-order valence-corrected chi connectivity index (χ2v) is 37.3. The number of ether oxygens (including phenoxy) is 2. The van der Waals surface area contributed by atoms with E-state index in [0.717, 1.165) is 16.0 Å². The second-order valence-electron chi connectivity index (χ2n) is 10.1. The molecule has 0 atom stereocenters. The van der Waals surface area contributed by atoms with Crippen LogP contribution in [0.5, 0.6) is 0 Å². The van der Waals surface area contributed by atoms with Crippen molar-refractivity contribution in [1.29, 1.82) is 0 Å². The van der Waals surface area contributed by atoms with E-state index in [4.69, 9.17) is 6.11 Å². The number of methoxy groups -OCH3 is 1. The number of rotatable bonds is 6. The number of aryl methyl sites for hydroxylation is 2. The van der Waals surface area contributed by atoms with Crippen LogP contribution < -0.4 is 35.8 Å². The number of carbonyl (C=O) groups excluding carboxylic acids is 2. The van der Waals surface area contributed by atoms with Crippen LogP contribution in [0.4, 0.5) is 17.6 Å². The molecule has 0 aliphatic carbocycles. The Morgan fingerprint density at radius 3 is 1.44 bits per heavy atom. The number of allylic oxidation sites excluding steroid dienone is 1. The van der Waals surface area contributed by atoms with Gasteiger partial charge in [-0.1, -0.05) is 67.8 Å². The Morgan fingerprint density at radius 2 is 1.15 bits per heavy atom. The summed E-state index contributed by atoms with van der Waals surface area (Å²) in [5.74, 6) is -1.30. The van der Waals surface area contributed by atoms with Crippen LogP contribution in [0.2, 0.25) is 0 Å². The number of fused-ring (bicyclic) bond motifs is 2. The number of halogens is 10. The molecule has 4 aromatic rings. The predicted molar refractivity (Wildman–Crippen MR) is 233 cm³/mol. The van der Waals surface area contributed by atoms with Gasteiger partial charge >= 0.3 is 73.8 Å². The van der Waals surface area contributed by atoms with Gasteiger partial charge in [0.1, 0.15) is 19.6 Å². The maximum Gasteiger partial charge on any atom is 0.268 e. The number of carbonyl (C=O) groups is 2. The maximum atomic E-state index is 12.2. The second kappa shape index (κ2) is 25.9. The van der Waals surface area contributed by atoms with Crippen molar-refractivity contribution in [3.8, 4) is 0 Å². The predicted octanol–water partition coefficient (Wildman–Crippen LogP) is 2.28. The molecule has 54 heavy (non-hydrogen) atoms. The topological polar surface area (TPSA) is 176 Å². The summed E-state index contributed by atoms with van der Waals surface area (Å²) in [5, 5.41) is 0. The van der Waals surface area contributed by atoms with Crippen LogP contribution in [-0.4, -0.2) is 63.0 Å². The van der Waals surface area contributed by atoms with Gasteiger partial charge in [0.25, 0.3) is 23.3 Å². The largest absolute Gasteiger partial charge is 0.268 e. The van der Waals surface area contributed by atoms with Crippen molar-refractivity contribution in [2.45, 2.75) is 33.8 Å². The third-order valence-corrected chi connectivity index (χ3v) is 6.36. The molecule has 0 spiro atoms. The van der Waals surface area contributed by atoms with Gasteiger partial charge in [-0.15, -0.1) is 0 Å². The average molecular weight is 1450 g/mol. The first kappa shape index (κ1) is 50.8. The molecule has 0 radical (unpaired) electrons. The zero-order chi connectivity index (χ0) is 42.9. The molecule has 0 fully saturated rings. The molecular formula is C28H33F4I6N8O8-. The number of esters is 2. The standard InChI is InChI=1S/C13H14F2N4O4.C10H12N4O4.C4H6F2.CHI3.I3/c1-7(10(14)15)5-23-8(20)4-19-6-16-11-9(19)12(21)18(3)13(22)17(11)2;1-12-8-7(9(16)13(2)10(12)17)14(5-11-8)4-6(15)18-3;1-3(2)4(5)6;2-1(3)4;1-3-2/h6H,4-5H2,1-3H3;5H,4H2,1-3H3;1-2H3;1H;/q;;;;-1/i;;1T;;. The van der Waals surface area contributed by atoms with Gasteiger partial charge in [0.15, 0.2) is 22.3 Å². The minimum absolute atomic E-state index is 0.0514. The van der Waals surface area contributed by atoms with Gasteiger partial charge in [-0.25, -0.2) is 19.6 Å². The van der Waals surface area contributed by atoms with E-state index >= 15 is 0 Å². The Balaban J connectivity index is 0.000000802. The van der Waals surface area contributed by atoms with Crippen molar-refractivity contribution in [3.05, 3.63) is 77.6 Å². The van der Waals surface area contributed by atoms with Crippen molar-refractivity contribution in [2.75, 3.05) is 13.7 Å². The van der Waals surface area contributed by atoms with Gasteiger partial charge in [0, 0.05) is 35.1 Å². The molecule has 0 N–H and O–H groups in total. The van der Waals surface area contributed by atoms with E-state index < -0.39 is 53.2 Å². The first-order valence-electron chi connectivity index (χ1n) is 14.8. The summed E-state index contributed by atoms with van der Waals surface area (Å²) in [5.41, 5.74) is -2.00. The van der Waals surface area contributed by atoms with E-state index in [-0.39, 0.29) is 53.5 Å². The van der Waals surface area contributed by atoms with Gasteiger partial charge in [0.05, 0.1) is 19.8 Å². The molecule has 0 saturated heterocycles. The minimum Gasteiger partial charge on any atom is -0.173 e. The van der Waals surface area contributed by atoms with E-state index in [1.807, 2.05) is 0 Å². The van der Waals surface area contributed by atoms with Crippen molar-refractivity contribution in [3.63, 3.8) is 0 Å². The molecule has 0 unspecified atom stereocenters. The SMILES string of the molecule is CC(COC(=O)Cn1cnc2c1c(=O)n(C)c(=O)n2C)=C(F)F.COC(=O)Cn1cnc2c1c(=O)n(C)c(=O)n2C.IC(I)I.I[I-]I.[3H]CC(C)=C(F)F. The Morgan fingerprint density at radius 1 is 0.778 bits per heavy atom. The van der Waals surface area contributed by atoms with Gasteiger partial charge < -0.3 is 18.6 Å². The fourth-order valence-corrected chi connectivity index (χ4v) is 3.67. The van der Waals surface area contributed by atoms with Crippen LogP contribution in [-0.2, 0) is 60.3 Å². The molecule has 0 aromatic carbocycles. The van der Waals surface area contributed by atoms with Crippen molar-refractivity contribution < 1.29 is 51.3 Å². The molecule has 16 nitrogen and oxygen atoms in total. The summed E-state index contributed by atoms with van der Waals surface area (Å²) < 4.78 is 70.1. The van der Waals surface area contributed by atoms with Crippen LogP contribution in [0.25, 0.3) is 22.3 Å². The first-order chi connectivity index (χ1) is 25.5. The quantitative estimate of drug-likeness (QED) is 0.121. The van der Waals surface area contributed by atoms with E-state index in [9.17, 15) is 46.3 Å². The molecular weight excluding hydrogens is 1410 g/mol. The summed E-state index contributed by atoms with van der Waals surface area (Å²) in [6.07, 6.45) is -1.09. The Bertz CT molecular complexity index is 2240. The smallest absolute Gasteiger partial charge is 0.173 e. The molecule has 26 heteroatoms. The molecule has 4 aromatic heterocycles.